The molecule has 0 saturated carbocycles. The number of benzene rings is 1. The van der Waals surface area contributed by atoms with Gasteiger partial charge in [-0.2, -0.15) is 13.2 Å². The van der Waals surface area contributed by atoms with Gasteiger partial charge in [0.2, 0.25) is 6.41 Å². The molecule has 0 radical (unpaired) electrons. The van der Waals surface area contributed by atoms with Gasteiger partial charge in [-0.05, 0) is 30.7 Å². The van der Waals surface area contributed by atoms with E-state index in [1.54, 1.807) is 0 Å². The molecule has 2 heterocycles. The Morgan fingerprint density at radius 3 is 2.44 bits per heavy atom. The van der Waals surface area contributed by atoms with Gasteiger partial charge >= 0.3 is 6.18 Å². The Labute approximate surface area is 187 Å². The van der Waals surface area contributed by atoms with Gasteiger partial charge in [-0.1, -0.05) is 28.1 Å². The molecular formula is C20H16BrF6N3O2. The summed E-state index contributed by atoms with van der Waals surface area (Å²) in [5.41, 5.74) is -1.37. The van der Waals surface area contributed by atoms with E-state index in [0.29, 0.717) is 6.41 Å². The number of amides is 2. The molecule has 1 atom stereocenters. The highest BCUT2D eigenvalue weighted by atomic mass is 79.9. The van der Waals surface area contributed by atoms with Crippen LogP contribution in [0.5, 0.6) is 0 Å². The highest BCUT2D eigenvalue weighted by Gasteiger charge is 2.47. The van der Waals surface area contributed by atoms with Crippen molar-refractivity contribution in [3.8, 4) is 0 Å². The van der Waals surface area contributed by atoms with Crippen LogP contribution in [0.4, 0.5) is 26.3 Å². The third-order valence-electron chi connectivity index (χ3n) is 4.82. The Bertz CT molecular complexity index is 1020. The summed E-state index contributed by atoms with van der Waals surface area (Å²) in [5, 5.41) is 2.25. The molecule has 1 N–H and O–H groups in total. The van der Waals surface area contributed by atoms with Gasteiger partial charge in [-0.3, -0.25) is 14.5 Å². The molecule has 1 aromatic rings. The quantitative estimate of drug-likeness (QED) is 0.460. The van der Waals surface area contributed by atoms with E-state index in [4.69, 9.17) is 0 Å². The van der Waals surface area contributed by atoms with Crippen LogP contribution in [-0.2, 0) is 4.79 Å². The number of alkyl halides is 5. The van der Waals surface area contributed by atoms with Crippen LogP contribution in [0.1, 0.15) is 22.8 Å². The fourth-order valence-corrected chi connectivity index (χ4v) is 3.63. The lowest BCUT2D eigenvalue weighted by molar-refractivity contribution is -0.118. The lowest BCUT2D eigenvalue weighted by Crippen LogP contribution is -2.58. The Kier molecular flexibility index (Phi) is 6.45. The molecule has 1 unspecified atom stereocenters. The van der Waals surface area contributed by atoms with Crippen molar-refractivity contribution < 1.29 is 35.9 Å². The molecule has 12 heteroatoms. The molecule has 5 nitrogen and oxygen atoms in total. The van der Waals surface area contributed by atoms with Crippen molar-refractivity contribution in [2.45, 2.75) is 25.2 Å². The molecule has 0 aliphatic carbocycles. The third-order valence-corrected chi connectivity index (χ3v) is 5.22. The van der Waals surface area contributed by atoms with Crippen LogP contribution in [0.25, 0.3) is 5.57 Å². The van der Waals surface area contributed by atoms with Gasteiger partial charge in [-0.15, -0.1) is 0 Å². The van der Waals surface area contributed by atoms with E-state index in [-0.39, 0.29) is 15.6 Å². The van der Waals surface area contributed by atoms with Crippen molar-refractivity contribution in [3.05, 3.63) is 63.7 Å². The number of likely N-dealkylation sites (tertiary alicyclic amines) is 1. The average molecular weight is 524 g/mol. The first-order valence-corrected chi connectivity index (χ1v) is 9.91. The van der Waals surface area contributed by atoms with E-state index in [1.807, 2.05) is 0 Å². The van der Waals surface area contributed by atoms with Crippen molar-refractivity contribution in [3.63, 3.8) is 0 Å². The Hall–Kier alpha value is -2.76. The fraction of sp³-hybridized carbons (Fsp3) is 0.300. The third kappa shape index (κ3) is 4.84. The van der Waals surface area contributed by atoms with Crippen LogP contribution in [0.15, 0.2) is 46.7 Å². The number of carbonyl (C=O) groups excluding carboxylic acids is 2. The number of halogens is 7. The van der Waals surface area contributed by atoms with E-state index in [9.17, 15) is 35.9 Å². The molecule has 0 aromatic heterocycles. The molecule has 1 saturated heterocycles. The number of nitrogens with zero attached hydrogens (tertiary/aromatic N) is 2. The Morgan fingerprint density at radius 2 is 1.94 bits per heavy atom. The fourth-order valence-electron chi connectivity index (χ4n) is 3.29. The minimum Gasteiger partial charge on any atom is -0.356 e. The smallest absolute Gasteiger partial charge is 0.356 e. The summed E-state index contributed by atoms with van der Waals surface area (Å²) in [7, 11) is 0. The number of hydrogen-bond donors (Lipinski definition) is 1. The first-order valence-electron chi connectivity index (χ1n) is 9.12. The van der Waals surface area contributed by atoms with Crippen LogP contribution in [-0.4, -0.2) is 53.5 Å². The minimum atomic E-state index is -4.77. The molecule has 2 aliphatic rings. The van der Waals surface area contributed by atoms with Crippen molar-refractivity contribution in [2.24, 2.45) is 0 Å². The van der Waals surface area contributed by atoms with Crippen molar-refractivity contribution in [1.82, 2.24) is 15.1 Å². The maximum absolute atomic E-state index is 14.7. The predicted molar refractivity (Wildman–Crippen MR) is 107 cm³/mol. The molecule has 1 aromatic carbocycles. The summed E-state index contributed by atoms with van der Waals surface area (Å²) in [5.74, 6) is -4.96. The second-order valence-electron chi connectivity index (χ2n) is 7.18. The average Bonchev–Trinajstić information content (AvgIpc) is 2.68. The molecule has 3 rings (SSSR count). The largest absolute Gasteiger partial charge is 0.431 e. The monoisotopic (exact) mass is 523 g/mol. The standard InChI is InChI=1S/C20H16BrF6N3O2/c1-11(21)16(20(25,26)27)28-17-13(3-2-6-29(17)10-31)12-4-5-14(15(22)7-12)18(32)30-8-19(23,24)9-30/h2-7,10,17,28H,8-9H2,1H3/b16-11+. The van der Waals surface area contributed by atoms with E-state index >= 15 is 0 Å². The van der Waals surface area contributed by atoms with E-state index < -0.39 is 54.3 Å². The molecular weight excluding hydrogens is 508 g/mol. The van der Waals surface area contributed by atoms with Crippen LogP contribution >= 0.6 is 15.9 Å². The molecule has 2 aliphatic heterocycles. The molecule has 0 bridgehead atoms. The highest BCUT2D eigenvalue weighted by Crippen LogP contribution is 2.33. The second-order valence-corrected chi connectivity index (χ2v) is 8.37. The zero-order valence-corrected chi connectivity index (χ0v) is 18.0. The number of rotatable bonds is 5. The van der Waals surface area contributed by atoms with Gasteiger partial charge in [-0.25, -0.2) is 13.2 Å². The van der Waals surface area contributed by atoms with Gasteiger partial charge in [0.1, 0.15) is 17.7 Å². The summed E-state index contributed by atoms with van der Waals surface area (Å²) < 4.78 is 80.7. The molecule has 2 amide bonds. The van der Waals surface area contributed by atoms with Crippen LogP contribution in [0.3, 0.4) is 0 Å². The summed E-state index contributed by atoms with van der Waals surface area (Å²) in [6, 6.07) is 3.25. The van der Waals surface area contributed by atoms with Crippen molar-refractivity contribution in [1.29, 1.82) is 0 Å². The summed E-state index contributed by atoms with van der Waals surface area (Å²) in [4.78, 5) is 25.4. The lowest BCUT2D eigenvalue weighted by Gasteiger charge is -2.38. The zero-order valence-electron chi connectivity index (χ0n) is 16.4. The maximum atomic E-state index is 14.7. The molecule has 1 fully saturated rings. The number of allylic oxidation sites excluding steroid dienone is 4. The predicted octanol–water partition coefficient (Wildman–Crippen LogP) is 4.39. The van der Waals surface area contributed by atoms with Crippen LogP contribution in [0.2, 0.25) is 0 Å². The molecule has 32 heavy (non-hydrogen) atoms. The van der Waals surface area contributed by atoms with Gasteiger partial charge in [0.15, 0.2) is 0 Å². The van der Waals surface area contributed by atoms with E-state index in [0.717, 1.165) is 21.9 Å². The molecule has 172 valence electrons. The maximum Gasteiger partial charge on any atom is 0.431 e. The van der Waals surface area contributed by atoms with Gasteiger partial charge in [0.05, 0.1) is 18.7 Å². The zero-order chi connectivity index (χ0) is 23.8. The number of carbonyl (C=O) groups is 2. The summed E-state index contributed by atoms with van der Waals surface area (Å²) >= 11 is 2.79. The highest BCUT2D eigenvalue weighted by molar-refractivity contribution is 9.11. The first-order chi connectivity index (χ1) is 14.8. The van der Waals surface area contributed by atoms with Gasteiger partial charge in [0.25, 0.3) is 11.8 Å². The normalized spacial score (nSPS) is 20.9. The van der Waals surface area contributed by atoms with Crippen molar-refractivity contribution in [2.75, 3.05) is 13.1 Å². The second kappa shape index (κ2) is 8.64. The minimum absolute atomic E-state index is 0.0930. The summed E-state index contributed by atoms with van der Waals surface area (Å²) in [6.45, 7) is -0.466. The van der Waals surface area contributed by atoms with Crippen LogP contribution in [0, 0.1) is 5.82 Å². The number of hydrogen-bond acceptors (Lipinski definition) is 3. The number of nitrogens with one attached hydrogen (secondary N) is 1. The van der Waals surface area contributed by atoms with Crippen molar-refractivity contribution >= 4 is 33.8 Å². The Balaban J connectivity index is 1.92. The van der Waals surface area contributed by atoms with Gasteiger partial charge in [0, 0.05) is 16.3 Å². The summed E-state index contributed by atoms with van der Waals surface area (Å²) in [6.07, 6.45) is -1.78. The SMILES string of the molecule is C/C(Br)=C(\NC1C(c2ccc(C(=O)N3CC(F)(F)C3)c(F)c2)=CC=CN1C=O)C(F)(F)F. The van der Waals surface area contributed by atoms with E-state index in [2.05, 4.69) is 21.2 Å². The lowest BCUT2D eigenvalue weighted by atomic mass is 9.97. The van der Waals surface area contributed by atoms with E-state index in [1.165, 1.54) is 31.3 Å². The van der Waals surface area contributed by atoms with Gasteiger partial charge < -0.3 is 10.2 Å². The first kappa shape index (κ1) is 23.9. The van der Waals surface area contributed by atoms with Crippen LogP contribution < -0.4 is 5.32 Å². The molecule has 0 spiro atoms. The Morgan fingerprint density at radius 1 is 1.28 bits per heavy atom. The topological polar surface area (TPSA) is 52.7 Å².